The van der Waals surface area contributed by atoms with Crippen LogP contribution < -0.4 is 5.73 Å². The van der Waals surface area contributed by atoms with Crippen LogP contribution in [-0.2, 0) is 6.54 Å². The number of aromatic nitrogens is 2. The molecule has 0 unspecified atom stereocenters. The van der Waals surface area contributed by atoms with Gasteiger partial charge >= 0.3 is 0 Å². The summed E-state index contributed by atoms with van der Waals surface area (Å²) < 4.78 is 3.38. The Kier molecular flexibility index (Phi) is 2.92. The second kappa shape index (κ2) is 4.42. The molecule has 0 amide bonds. The van der Waals surface area contributed by atoms with E-state index in [1.165, 1.54) is 30.6 Å². The predicted octanol–water partition coefficient (Wildman–Crippen LogP) is 3.03. The maximum absolute atomic E-state index is 5.71. The first-order chi connectivity index (χ1) is 8.29. The van der Waals surface area contributed by atoms with Gasteiger partial charge in [0.05, 0.1) is 11.0 Å². The van der Waals surface area contributed by atoms with E-state index in [0.29, 0.717) is 12.5 Å². The van der Waals surface area contributed by atoms with Crippen LogP contribution in [0.15, 0.2) is 22.7 Å². The standard InChI is InChI=1S/C13H16BrN3/c14-10-4-5-12-11(8-10)16-13(9-2-1-3-9)17(12)7-6-15/h4-5,8-9H,1-3,6-7,15H2. The zero-order chi connectivity index (χ0) is 11.8. The number of nitrogens with zero attached hydrogens (tertiary/aromatic N) is 2. The number of hydrogen-bond acceptors (Lipinski definition) is 2. The Balaban J connectivity index is 2.14. The zero-order valence-corrected chi connectivity index (χ0v) is 11.3. The summed E-state index contributed by atoms with van der Waals surface area (Å²) in [6.45, 7) is 1.53. The second-order valence-corrected chi connectivity index (χ2v) is 5.59. The van der Waals surface area contributed by atoms with E-state index in [1.807, 2.05) is 0 Å². The van der Waals surface area contributed by atoms with Gasteiger partial charge in [0.1, 0.15) is 5.82 Å². The van der Waals surface area contributed by atoms with E-state index in [1.54, 1.807) is 0 Å². The molecule has 1 aliphatic carbocycles. The molecule has 1 heterocycles. The lowest BCUT2D eigenvalue weighted by Crippen LogP contribution is -2.18. The lowest BCUT2D eigenvalue weighted by atomic mass is 9.85. The summed E-state index contributed by atoms with van der Waals surface area (Å²) in [4.78, 5) is 4.79. The fraction of sp³-hybridized carbons (Fsp3) is 0.462. The molecule has 1 saturated carbocycles. The summed E-state index contributed by atoms with van der Waals surface area (Å²) in [5.74, 6) is 1.88. The Bertz CT molecular complexity index is 543. The molecule has 0 saturated heterocycles. The first kappa shape index (κ1) is 11.2. The molecular formula is C13H16BrN3. The molecule has 2 N–H and O–H groups in total. The van der Waals surface area contributed by atoms with Crippen LogP contribution >= 0.6 is 15.9 Å². The van der Waals surface area contributed by atoms with E-state index in [4.69, 9.17) is 10.7 Å². The van der Waals surface area contributed by atoms with Crippen LogP contribution in [-0.4, -0.2) is 16.1 Å². The van der Waals surface area contributed by atoms with Gasteiger partial charge in [-0.1, -0.05) is 22.4 Å². The summed E-state index contributed by atoms with van der Waals surface area (Å²) >= 11 is 3.50. The minimum absolute atomic E-state index is 0.646. The van der Waals surface area contributed by atoms with Crippen LogP contribution in [0.4, 0.5) is 0 Å². The summed E-state index contributed by atoms with van der Waals surface area (Å²) in [6, 6.07) is 6.29. The van der Waals surface area contributed by atoms with Crippen molar-refractivity contribution in [1.82, 2.24) is 9.55 Å². The van der Waals surface area contributed by atoms with E-state index in [0.717, 1.165) is 16.5 Å². The number of halogens is 1. The number of hydrogen-bond donors (Lipinski definition) is 1. The van der Waals surface area contributed by atoms with E-state index >= 15 is 0 Å². The SMILES string of the molecule is NCCn1c(C2CCC2)nc2cc(Br)ccc21. The van der Waals surface area contributed by atoms with Gasteiger partial charge in [-0.15, -0.1) is 0 Å². The Morgan fingerprint density at radius 2 is 2.24 bits per heavy atom. The molecule has 0 atom stereocenters. The molecule has 1 aromatic heterocycles. The first-order valence-electron chi connectivity index (χ1n) is 6.15. The monoisotopic (exact) mass is 293 g/mol. The van der Waals surface area contributed by atoms with Crippen LogP contribution in [0.25, 0.3) is 11.0 Å². The second-order valence-electron chi connectivity index (χ2n) is 4.67. The van der Waals surface area contributed by atoms with Crippen LogP contribution in [0.2, 0.25) is 0 Å². The molecule has 4 heteroatoms. The van der Waals surface area contributed by atoms with Gasteiger partial charge in [-0.25, -0.2) is 4.98 Å². The Hall–Kier alpha value is -0.870. The highest BCUT2D eigenvalue weighted by Crippen LogP contribution is 2.37. The van der Waals surface area contributed by atoms with Crippen molar-refractivity contribution in [2.45, 2.75) is 31.7 Å². The van der Waals surface area contributed by atoms with Crippen molar-refractivity contribution in [3.05, 3.63) is 28.5 Å². The van der Waals surface area contributed by atoms with Crippen LogP contribution in [0.5, 0.6) is 0 Å². The molecule has 3 nitrogen and oxygen atoms in total. The third kappa shape index (κ3) is 1.89. The van der Waals surface area contributed by atoms with Crippen molar-refractivity contribution in [3.8, 4) is 0 Å². The van der Waals surface area contributed by atoms with Gasteiger partial charge in [0, 0.05) is 23.5 Å². The third-order valence-electron chi connectivity index (χ3n) is 3.56. The molecule has 1 aromatic carbocycles. The maximum atomic E-state index is 5.71. The largest absolute Gasteiger partial charge is 0.329 e. The number of imidazole rings is 1. The highest BCUT2D eigenvalue weighted by atomic mass is 79.9. The highest BCUT2D eigenvalue weighted by molar-refractivity contribution is 9.10. The lowest BCUT2D eigenvalue weighted by molar-refractivity contribution is 0.389. The van der Waals surface area contributed by atoms with Gasteiger partial charge in [-0.05, 0) is 31.0 Å². The molecule has 1 aliphatic rings. The van der Waals surface area contributed by atoms with Gasteiger partial charge in [-0.2, -0.15) is 0 Å². The van der Waals surface area contributed by atoms with Gasteiger partial charge in [0.25, 0.3) is 0 Å². The molecule has 0 aliphatic heterocycles. The molecule has 3 rings (SSSR count). The molecule has 0 spiro atoms. The Morgan fingerprint density at radius 1 is 1.41 bits per heavy atom. The maximum Gasteiger partial charge on any atom is 0.113 e. The summed E-state index contributed by atoms with van der Waals surface area (Å²) in [5.41, 5.74) is 8.00. The lowest BCUT2D eigenvalue weighted by Gasteiger charge is -2.25. The van der Waals surface area contributed by atoms with Gasteiger partial charge < -0.3 is 10.3 Å². The van der Waals surface area contributed by atoms with Crippen LogP contribution in [0, 0.1) is 0 Å². The summed E-state index contributed by atoms with van der Waals surface area (Å²) in [5, 5.41) is 0. The van der Waals surface area contributed by atoms with Crippen molar-refractivity contribution in [3.63, 3.8) is 0 Å². The minimum Gasteiger partial charge on any atom is -0.329 e. The number of benzene rings is 1. The van der Waals surface area contributed by atoms with Crippen molar-refractivity contribution < 1.29 is 0 Å². The van der Waals surface area contributed by atoms with Crippen molar-refractivity contribution in [2.24, 2.45) is 5.73 Å². The number of rotatable bonds is 3. The number of fused-ring (bicyclic) bond motifs is 1. The molecule has 17 heavy (non-hydrogen) atoms. The van der Waals surface area contributed by atoms with Crippen LogP contribution in [0.1, 0.15) is 31.0 Å². The fourth-order valence-corrected chi connectivity index (χ4v) is 2.81. The topological polar surface area (TPSA) is 43.8 Å². The van der Waals surface area contributed by atoms with Crippen molar-refractivity contribution in [1.29, 1.82) is 0 Å². The quantitative estimate of drug-likeness (QED) is 0.945. The molecule has 90 valence electrons. The predicted molar refractivity (Wildman–Crippen MR) is 73.1 cm³/mol. The average Bonchev–Trinajstić information content (AvgIpc) is 2.55. The van der Waals surface area contributed by atoms with E-state index in [9.17, 15) is 0 Å². The van der Waals surface area contributed by atoms with Crippen molar-refractivity contribution in [2.75, 3.05) is 6.54 Å². The van der Waals surface area contributed by atoms with Gasteiger partial charge in [0.15, 0.2) is 0 Å². The Morgan fingerprint density at radius 3 is 2.88 bits per heavy atom. The van der Waals surface area contributed by atoms with Gasteiger partial charge in [-0.3, -0.25) is 0 Å². The smallest absolute Gasteiger partial charge is 0.113 e. The normalized spacial score (nSPS) is 16.4. The third-order valence-corrected chi connectivity index (χ3v) is 4.06. The van der Waals surface area contributed by atoms with E-state index in [-0.39, 0.29) is 0 Å². The minimum atomic E-state index is 0.646. The van der Waals surface area contributed by atoms with E-state index < -0.39 is 0 Å². The zero-order valence-electron chi connectivity index (χ0n) is 9.69. The highest BCUT2D eigenvalue weighted by Gasteiger charge is 2.25. The molecule has 2 aromatic rings. The first-order valence-corrected chi connectivity index (χ1v) is 6.94. The summed E-state index contributed by atoms with van der Waals surface area (Å²) in [7, 11) is 0. The average molecular weight is 294 g/mol. The van der Waals surface area contributed by atoms with E-state index in [2.05, 4.69) is 38.7 Å². The van der Waals surface area contributed by atoms with Crippen molar-refractivity contribution >= 4 is 27.0 Å². The molecule has 0 bridgehead atoms. The molecule has 1 fully saturated rings. The van der Waals surface area contributed by atoms with Gasteiger partial charge in [0.2, 0.25) is 0 Å². The van der Waals surface area contributed by atoms with Crippen LogP contribution in [0.3, 0.4) is 0 Å². The molecule has 0 radical (unpaired) electrons. The summed E-state index contributed by atoms with van der Waals surface area (Å²) in [6.07, 6.45) is 3.88. The fourth-order valence-electron chi connectivity index (χ4n) is 2.46. The molecular weight excluding hydrogens is 278 g/mol. The Labute approximate surface area is 109 Å². The number of nitrogens with two attached hydrogens (primary N) is 1.